The Labute approximate surface area is 78.8 Å². The lowest BCUT2D eigenvalue weighted by Crippen LogP contribution is -2.37. The number of alkyl halides is 2. The van der Waals surface area contributed by atoms with Crippen LogP contribution in [0, 0.1) is 0 Å². The summed E-state index contributed by atoms with van der Waals surface area (Å²) in [5, 5.41) is -0.715. The Morgan fingerprint density at radius 2 is 2.27 bits per heavy atom. The molecule has 5 heteroatoms. The molecule has 0 aliphatic carbocycles. The van der Waals surface area contributed by atoms with E-state index in [2.05, 4.69) is 4.99 Å². The predicted octanol–water partition coefficient (Wildman–Crippen LogP) is 1.93. The molecule has 2 nitrogen and oxygen atoms in total. The maximum absolute atomic E-state index is 10.8. The molecule has 2 unspecified atom stereocenters. The summed E-state index contributed by atoms with van der Waals surface area (Å²) in [6, 6.07) is 0. The van der Waals surface area contributed by atoms with Gasteiger partial charge in [-0.25, -0.2) is 0 Å². The third-order valence-electron chi connectivity index (χ3n) is 1.29. The molecule has 1 heterocycles. The van der Waals surface area contributed by atoms with Gasteiger partial charge in [-0.15, -0.1) is 11.6 Å². The minimum Gasteiger partial charge on any atom is -0.279 e. The lowest BCUT2D eigenvalue weighted by Gasteiger charge is -2.22. The fourth-order valence-electron chi connectivity index (χ4n) is 0.655. The second kappa shape index (κ2) is 3.13. The number of hydrogen-bond acceptors (Lipinski definition) is 2. The summed E-state index contributed by atoms with van der Waals surface area (Å²) in [5.41, 5.74) is -0.820. The summed E-state index contributed by atoms with van der Waals surface area (Å²) in [4.78, 5) is 13.1. The van der Waals surface area contributed by atoms with Crippen molar-refractivity contribution in [2.75, 3.05) is 0 Å². The summed E-state index contributed by atoms with van der Waals surface area (Å²) < 4.78 is 0. The van der Waals surface area contributed by atoms with E-state index in [0.29, 0.717) is 0 Å². The van der Waals surface area contributed by atoms with Gasteiger partial charge >= 0.3 is 0 Å². The first kappa shape index (κ1) is 9.04. The fraction of sp³-hybridized carbons (Fsp3) is 0.333. The monoisotopic (exact) mass is 211 g/mol. The highest BCUT2D eigenvalue weighted by molar-refractivity contribution is 6.72. The SMILES string of the molecule is O=C(Cl)C1(Cl)C=CC=NC1Cl. The minimum atomic E-state index is -1.38. The van der Waals surface area contributed by atoms with Gasteiger partial charge in [-0.05, 0) is 17.7 Å². The van der Waals surface area contributed by atoms with E-state index < -0.39 is 15.6 Å². The van der Waals surface area contributed by atoms with Crippen molar-refractivity contribution in [2.24, 2.45) is 4.99 Å². The van der Waals surface area contributed by atoms with E-state index in [-0.39, 0.29) is 0 Å². The Bertz CT molecular complexity index is 238. The van der Waals surface area contributed by atoms with E-state index in [9.17, 15) is 4.79 Å². The number of dihydropyridines is 1. The van der Waals surface area contributed by atoms with Crippen molar-refractivity contribution < 1.29 is 4.79 Å². The molecule has 2 atom stereocenters. The summed E-state index contributed by atoms with van der Waals surface area (Å²) in [6.07, 6.45) is 4.43. The lowest BCUT2D eigenvalue weighted by molar-refractivity contribution is -0.113. The molecule has 0 saturated heterocycles. The minimum absolute atomic E-state index is 0.715. The first-order valence-electron chi connectivity index (χ1n) is 2.81. The highest BCUT2D eigenvalue weighted by Gasteiger charge is 2.40. The first-order chi connectivity index (χ1) is 5.07. The van der Waals surface area contributed by atoms with Crippen LogP contribution in [-0.2, 0) is 4.79 Å². The van der Waals surface area contributed by atoms with Gasteiger partial charge in [0.2, 0.25) is 5.24 Å². The zero-order valence-corrected chi connectivity index (χ0v) is 7.57. The highest BCUT2D eigenvalue weighted by Crippen LogP contribution is 2.31. The highest BCUT2D eigenvalue weighted by atomic mass is 35.5. The van der Waals surface area contributed by atoms with Crippen LogP contribution in [0.25, 0.3) is 0 Å². The van der Waals surface area contributed by atoms with E-state index in [1.807, 2.05) is 0 Å². The average molecular weight is 212 g/mol. The molecule has 0 radical (unpaired) electrons. The number of halogens is 3. The van der Waals surface area contributed by atoms with Crippen LogP contribution in [0.5, 0.6) is 0 Å². The van der Waals surface area contributed by atoms with Crippen LogP contribution in [0.15, 0.2) is 17.1 Å². The van der Waals surface area contributed by atoms with Crippen molar-refractivity contribution in [1.82, 2.24) is 0 Å². The summed E-state index contributed by atoms with van der Waals surface area (Å²) in [7, 11) is 0. The van der Waals surface area contributed by atoms with Gasteiger partial charge in [0, 0.05) is 6.21 Å². The number of nitrogens with zero attached hydrogens (tertiary/aromatic N) is 1. The molecular weight excluding hydrogens is 208 g/mol. The molecule has 1 aliphatic heterocycles. The molecule has 1 aliphatic rings. The molecular formula is C6H4Cl3NO. The standard InChI is InChI=1S/C6H4Cl3NO/c7-4-6(9,5(8)11)2-1-3-10-4/h1-4H. The van der Waals surface area contributed by atoms with Gasteiger partial charge in [-0.3, -0.25) is 9.79 Å². The van der Waals surface area contributed by atoms with E-state index in [0.717, 1.165) is 0 Å². The molecule has 0 aromatic carbocycles. The quantitative estimate of drug-likeness (QED) is 0.371. The number of carbonyl (C=O) groups excluding carboxylic acids is 1. The van der Waals surface area contributed by atoms with E-state index in [4.69, 9.17) is 34.8 Å². The Hall–Kier alpha value is -0.0500. The Morgan fingerprint density at radius 3 is 2.64 bits per heavy atom. The maximum Gasteiger partial charge on any atom is 0.250 e. The maximum atomic E-state index is 10.8. The van der Waals surface area contributed by atoms with E-state index in [1.54, 1.807) is 0 Å². The molecule has 0 spiro atoms. The lowest BCUT2D eigenvalue weighted by atomic mass is 10.1. The van der Waals surface area contributed by atoms with Crippen LogP contribution in [0.1, 0.15) is 0 Å². The topological polar surface area (TPSA) is 29.4 Å². The molecule has 11 heavy (non-hydrogen) atoms. The molecule has 1 rings (SSSR count). The van der Waals surface area contributed by atoms with Gasteiger partial charge in [-0.1, -0.05) is 17.7 Å². The van der Waals surface area contributed by atoms with Crippen LogP contribution in [0.2, 0.25) is 0 Å². The van der Waals surface area contributed by atoms with Crippen LogP contribution in [0.4, 0.5) is 0 Å². The largest absolute Gasteiger partial charge is 0.279 e. The van der Waals surface area contributed by atoms with Gasteiger partial charge in [0.15, 0.2) is 10.4 Å². The zero-order valence-electron chi connectivity index (χ0n) is 5.30. The summed E-state index contributed by atoms with van der Waals surface area (Å²) in [5.74, 6) is 0. The summed E-state index contributed by atoms with van der Waals surface area (Å²) >= 11 is 16.6. The van der Waals surface area contributed by atoms with Gasteiger partial charge in [0.25, 0.3) is 0 Å². The van der Waals surface area contributed by atoms with Crippen LogP contribution >= 0.6 is 34.8 Å². The molecule has 0 N–H and O–H groups in total. The third kappa shape index (κ3) is 1.58. The van der Waals surface area contributed by atoms with Gasteiger partial charge in [-0.2, -0.15) is 0 Å². The van der Waals surface area contributed by atoms with E-state index >= 15 is 0 Å². The fourth-order valence-corrected chi connectivity index (χ4v) is 1.24. The van der Waals surface area contributed by atoms with Crippen molar-refractivity contribution in [1.29, 1.82) is 0 Å². The Morgan fingerprint density at radius 1 is 1.64 bits per heavy atom. The third-order valence-corrected chi connectivity index (χ3v) is 2.77. The Balaban J connectivity index is 2.94. The number of allylic oxidation sites excluding steroid dienone is 1. The molecule has 0 fully saturated rings. The predicted molar refractivity (Wildman–Crippen MR) is 46.7 cm³/mol. The van der Waals surface area contributed by atoms with E-state index in [1.165, 1.54) is 18.4 Å². The van der Waals surface area contributed by atoms with Crippen molar-refractivity contribution in [3.8, 4) is 0 Å². The molecule has 0 aromatic rings. The van der Waals surface area contributed by atoms with Crippen LogP contribution in [0.3, 0.4) is 0 Å². The zero-order chi connectivity index (χ0) is 8.48. The second-order valence-electron chi connectivity index (χ2n) is 2.03. The number of carbonyl (C=O) groups is 1. The average Bonchev–Trinajstić information content (AvgIpc) is 1.95. The summed E-state index contributed by atoms with van der Waals surface area (Å²) in [6.45, 7) is 0. The smallest absolute Gasteiger partial charge is 0.250 e. The van der Waals surface area contributed by atoms with Crippen LogP contribution < -0.4 is 0 Å². The number of aliphatic imine (C=N–C) groups is 1. The molecule has 60 valence electrons. The van der Waals surface area contributed by atoms with Crippen molar-refractivity contribution in [3.63, 3.8) is 0 Å². The van der Waals surface area contributed by atoms with Crippen molar-refractivity contribution >= 4 is 46.3 Å². The molecule has 0 amide bonds. The number of rotatable bonds is 1. The van der Waals surface area contributed by atoms with Gasteiger partial charge in [0.1, 0.15) is 0 Å². The molecule has 0 saturated carbocycles. The molecule has 0 bridgehead atoms. The second-order valence-corrected chi connectivity index (χ2v) is 3.42. The van der Waals surface area contributed by atoms with Gasteiger partial charge < -0.3 is 0 Å². The molecule has 0 aromatic heterocycles. The first-order valence-corrected chi connectivity index (χ1v) is 4.00. The van der Waals surface area contributed by atoms with Crippen molar-refractivity contribution in [2.45, 2.75) is 10.4 Å². The Kier molecular flexibility index (Phi) is 2.58. The van der Waals surface area contributed by atoms with Crippen LogP contribution in [-0.4, -0.2) is 21.8 Å². The normalized spacial score (nSPS) is 35.7. The number of hydrogen-bond donors (Lipinski definition) is 0. The van der Waals surface area contributed by atoms with Gasteiger partial charge in [0.05, 0.1) is 0 Å². The van der Waals surface area contributed by atoms with Crippen molar-refractivity contribution in [3.05, 3.63) is 12.2 Å².